The van der Waals surface area contributed by atoms with Crippen molar-refractivity contribution in [2.45, 2.75) is 44.3 Å². The van der Waals surface area contributed by atoms with Gasteiger partial charge in [-0.3, -0.25) is 0 Å². The van der Waals surface area contributed by atoms with Gasteiger partial charge < -0.3 is 9.47 Å². The molecule has 0 aliphatic heterocycles. The molecule has 0 unspecified atom stereocenters. The van der Waals surface area contributed by atoms with Crippen LogP contribution in [0.5, 0.6) is 11.8 Å². The first-order valence-electron chi connectivity index (χ1n) is 5.92. The van der Waals surface area contributed by atoms with Crippen LogP contribution in [0.4, 0.5) is 0 Å². The predicted octanol–water partition coefficient (Wildman–Crippen LogP) is 1.63. The molecule has 2 fully saturated rings. The summed E-state index contributed by atoms with van der Waals surface area (Å²) < 4.78 is 11.2. The van der Waals surface area contributed by atoms with Gasteiger partial charge in [0.1, 0.15) is 18.0 Å². The Bertz CT molecular complexity index is 429. The van der Waals surface area contributed by atoms with E-state index in [0.29, 0.717) is 17.6 Å². The van der Waals surface area contributed by atoms with Crippen molar-refractivity contribution in [1.29, 1.82) is 5.26 Å². The molecular weight excluding hydrogens is 218 g/mol. The largest absolute Gasteiger partial charge is 0.474 e. The normalized spacial score (nSPS) is 18.5. The zero-order valence-electron chi connectivity index (χ0n) is 9.43. The Morgan fingerprint density at radius 3 is 2.06 bits per heavy atom. The van der Waals surface area contributed by atoms with Gasteiger partial charge in [0.25, 0.3) is 0 Å². The fraction of sp³-hybridized carbons (Fsp3) is 0.583. The van der Waals surface area contributed by atoms with Gasteiger partial charge in [-0.15, -0.1) is 0 Å². The van der Waals surface area contributed by atoms with E-state index in [4.69, 9.17) is 14.7 Å². The molecule has 1 aromatic rings. The minimum atomic E-state index is 0.183. The van der Waals surface area contributed by atoms with Gasteiger partial charge in [-0.1, -0.05) is 0 Å². The van der Waals surface area contributed by atoms with Gasteiger partial charge in [0.15, 0.2) is 0 Å². The van der Waals surface area contributed by atoms with Crippen LogP contribution in [0.2, 0.25) is 0 Å². The summed E-state index contributed by atoms with van der Waals surface area (Å²) in [7, 11) is 0. The Kier molecular flexibility index (Phi) is 2.56. The highest BCUT2D eigenvalue weighted by Gasteiger charge is 2.27. The summed E-state index contributed by atoms with van der Waals surface area (Å²) in [5, 5.41) is 8.68. The van der Waals surface area contributed by atoms with E-state index in [0.717, 1.165) is 25.7 Å². The van der Waals surface area contributed by atoms with Crippen LogP contribution in [0, 0.1) is 11.3 Å². The van der Waals surface area contributed by atoms with Gasteiger partial charge in [-0.05, 0) is 25.7 Å². The first-order chi connectivity index (χ1) is 8.33. The fourth-order valence-electron chi connectivity index (χ4n) is 1.43. The van der Waals surface area contributed by atoms with E-state index in [2.05, 4.69) is 9.97 Å². The zero-order chi connectivity index (χ0) is 11.7. The van der Waals surface area contributed by atoms with Crippen LogP contribution in [-0.4, -0.2) is 22.2 Å². The van der Waals surface area contributed by atoms with Gasteiger partial charge in [-0.25, -0.2) is 0 Å². The molecule has 0 saturated heterocycles. The number of aromatic nitrogens is 2. The van der Waals surface area contributed by atoms with Crippen molar-refractivity contribution in [2.24, 2.45) is 0 Å². The van der Waals surface area contributed by atoms with E-state index in [1.54, 1.807) is 6.07 Å². The smallest absolute Gasteiger partial charge is 0.220 e. The standard InChI is InChI=1S/C12H13N3O2/c13-6-5-10-14-11(16-8-1-2-8)7-12(15-10)17-9-3-4-9/h7-9H,1-5H2. The van der Waals surface area contributed by atoms with Crippen LogP contribution >= 0.6 is 0 Å². The lowest BCUT2D eigenvalue weighted by atomic mass is 10.4. The second kappa shape index (κ2) is 4.21. The molecule has 0 bridgehead atoms. The summed E-state index contributed by atoms with van der Waals surface area (Å²) >= 11 is 0. The van der Waals surface area contributed by atoms with Crippen molar-refractivity contribution in [3.8, 4) is 17.8 Å². The first-order valence-corrected chi connectivity index (χ1v) is 5.92. The lowest BCUT2D eigenvalue weighted by Gasteiger charge is -2.08. The second-order valence-electron chi connectivity index (χ2n) is 4.43. The lowest BCUT2D eigenvalue weighted by Crippen LogP contribution is -2.06. The average molecular weight is 231 g/mol. The average Bonchev–Trinajstić information content (AvgIpc) is 3.14. The van der Waals surface area contributed by atoms with Crippen molar-refractivity contribution in [3.05, 3.63) is 11.9 Å². The Morgan fingerprint density at radius 2 is 1.65 bits per heavy atom. The van der Waals surface area contributed by atoms with Gasteiger partial charge in [0.2, 0.25) is 11.8 Å². The van der Waals surface area contributed by atoms with E-state index in [9.17, 15) is 0 Å². The molecule has 1 aromatic heterocycles. The summed E-state index contributed by atoms with van der Waals surface area (Å²) in [6, 6.07) is 3.76. The summed E-state index contributed by atoms with van der Waals surface area (Å²) in [5.41, 5.74) is 0. The maximum Gasteiger partial charge on any atom is 0.220 e. The van der Waals surface area contributed by atoms with E-state index < -0.39 is 0 Å². The van der Waals surface area contributed by atoms with E-state index in [1.807, 2.05) is 6.07 Å². The molecule has 0 radical (unpaired) electrons. The van der Waals surface area contributed by atoms with Crippen molar-refractivity contribution in [1.82, 2.24) is 9.97 Å². The second-order valence-corrected chi connectivity index (χ2v) is 4.43. The maximum atomic E-state index is 8.68. The van der Waals surface area contributed by atoms with Crippen LogP contribution in [-0.2, 0) is 6.42 Å². The molecule has 88 valence electrons. The first kappa shape index (κ1) is 10.3. The van der Waals surface area contributed by atoms with Crippen LogP contribution in [0.3, 0.4) is 0 Å². The number of rotatable bonds is 5. The molecular formula is C12H13N3O2. The molecule has 2 aliphatic rings. The molecule has 2 aliphatic carbocycles. The highest BCUT2D eigenvalue weighted by atomic mass is 16.5. The molecule has 1 heterocycles. The minimum absolute atomic E-state index is 0.183. The fourth-order valence-corrected chi connectivity index (χ4v) is 1.43. The molecule has 0 N–H and O–H groups in total. The van der Waals surface area contributed by atoms with Crippen molar-refractivity contribution in [2.75, 3.05) is 0 Å². The predicted molar refractivity (Wildman–Crippen MR) is 58.6 cm³/mol. The molecule has 5 nitrogen and oxygen atoms in total. The third-order valence-electron chi connectivity index (χ3n) is 2.59. The van der Waals surface area contributed by atoms with E-state index >= 15 is 0 Å². The van der Waals surface area contributed by atoms with Crippen molar-refractivity contribution >= 4 is 0 Å². The highest BCUT2D eigenvalue weighted by molar-refractivity contribution is 5.23. The SMILES string of the molecule is N#CCc1nc(OC2CC2)cc(OC2CC2)n1. The van der Waals surface area contributed by atoms with Crippen LogP contribution in [0.25, 0.3) is 0 Å². The summed E-state index contributed by atoms with van der Waals surface area (Å²) in [5.74, 6) is 1.54. The number of hydrogen-bond donors (Lipinski definition) is 0. The maximum absolute atomic E-state index is 8.68. The van der Waals surface area contributed by atoms with Crippen molar-refractivity contribution in [3.63, 3.8) is 0 Å². The van der Waals surface area contributed by atoms with Gasteiger partial charge in [-0.2, -0.15) is 15.2 Å². The minimum Gasteiger partial charge on any atom is -0.474 e. The lowest BCUT2D eigenvalue weighted by molar-refractivity contribution is 0.269. The number of nitriles is 1. The van der Waals surface area contributed by atoms with Crippen LogP contribution < -0.4 is 9.47 Å². The van der Waals surface area contributed by atoms with Gasteiger partial charge in [0, 0.05) is 0 Å². The highest BCUT2D eigenvalue weighted by Crippen LogP contribution is 2.30. The number of nitrogens with zero attached hydrogens (tertiary/aromatic N) is 3. The Balaban J connectivity index is 1.79. The zero-order valence-corrected chi connectivity index (χ0v) is 9.43. The third kappa shape index (κ3) is 2.84. The number of ether oxygens (including phenoxy) is 2. The monoisotopic (exact) mass is 231 g/mol. The molecule has 17 heavy (non-hydrogen) atoms. The van der Waals surface area contributed by atoms with Crippen LogP contribution in [0.15, 0.2) is 6.07 Å². The van der Waals surface area contributed by atoms with Crippen LogP contribution in [0.1, 0.15) is 31.5 Å². The van der Waals surface area contributed by atoms with E-state index in [1.165, 1.54) is 0 Å². The van der Waals surface area contributed by atoms with E-state index in [-0.39, 0.29) is 18.6 Å². The molecule has 0 amide bonds. The molecule has 5 heteroatoms. The molecule has 3 rings (SSSR count). The Morgan fingerprint density at radius 1 is 1.12 bits per heavy atom. The number of hydrogen-bond acceptors (Lipinski definition) is 5. The van der Waals surface area contributed by atoms with Crippen molar-refractivity contribution < 1.29 is 9.47 Å². The molecule has 0 aromatic carbocycles. The summed E-state index contributed by atoms with van der Waals surface area (Å²) in [6.07, 6.45) is 5.07. The Labute approximate surface area is 99.4 Å². The molecule has 0 spiro atoms. The Hall–Kier alpha value is -1.83. The van der Waals surface area contributed by atoms with Gasteiger partial charge >= 0.3 is 0 Å². The third-order valence-corrected chi connectivity index (χ3v) is 2.59. The molecule has 0 atom stereocenters. The van der Waals surface area contributed by atoms with Gasteiger partial charge in [0.05, 0.1) is 18.6 Å². The molecule has 2 saturated carbocycles. The summed E-state index contributed by atoms with van der Waals surface area (Å²) in [6.45, 7) is 0. The topological polar surface area (TPSA) is 68.0 Å². The summed E-state index contributed by atoms with van der Waals surface area (Å²) in [4.78, 5) is 8.39. The quantitative estimate of drug-likeness (QED) is 0.770.